The van der Waals surface area contributed by atoms with Gasteiger partial charge in [0.2, 0.25) is 0 Å². The molecule has 1 aromatic heterocycles. The van der Waals surface area contributed by atoms with Crippen LogP contribution in [0.15, 0.2) is 36.7 Å². The van der Waals surface area contributed by atoms with Gasteiger partial charge in [0.15, 0.2) is 0 Å². The normalized spacial score (nSPS) is 10.2. The average Bonchev–Trinajstić information content (AvgIpc) is 2.74. The fraction of sp³-hybridized carbons (Fsp3) is 0. The maximum Gasteiger partial charge on any atom is 0.279 e. The Bertz CT molecular complexity index is 493. The van der Waals surface area contributed by atoms with Gasteiger partial charge in [-0.25, -0.2) is 4.68 Å². The first-order valence-electron chi connectivity index (χ1n) is 4.28. The van der Waals surface area contributed by atoms with Gasteiger partial charge in [-0.1, -0.05) is 11.6 Å². The van der Waals surface area contributed by atoms with Crippen LogP contribution in [-0.2, 0) is 0 Å². The molecule has 2 rings (SSSR count). The number of benzene rings is 1. The van der Waals surface area contributed by atoms with E-state index in [1.807, 2.05) is 0 Å². The van der Waals surface area contributed by atoms with E-state index in [2.05, 4.69) is 5.10 Å². The summed E-state index contributed by atoms with van der Waals surface area (Å²) in [6.07, 6.45) is 3.08. The first-order chi connectivity index (χ1) is 7.18. The summed E-state index contributed by atoms with van der Waals surface area (Å²) in [6, 6.07) is 6.43. The van der Waals surface area contributed by atoms with Crippen molar-refractivity contribution in [2.24, 2.45) is 0 Å². The van der Waals surface area contributed by atoms with E-state index in [1.54, 1.807) is 24.4 Å². The van der Waals surface area contributed by atoms with E-state index in [-0.39, 0.29) is 5.91 Å². The van der Waals surface area contributed by atoms with E-state index >= 15 is 0 Å². The van der Waals surface area contributed by atoms with Gasteiger partial charge in [-0.05, 0) is 24.3 Å². The number of nitrogens with zero attached hydrogens (tertiary/aromatic N) is 2. The predicted octanol–water partition coefficient (Wildman–Crippen LogP) is 1.81. The van der Waals surface area contributed by atoms with E-state index in [1.165, 1.54) is 16.9 Å². The van der Waals surface area contributed by atoms with Gasteiger partial charge in [-0.2, -0.15) is 5.10 Å². The van der Waals surface area contributed by atoms with Crippen molar-refractivity contribution in [3.8, 4) is 0 Å². The predicted molar refractivity (Wildman–Crippen MR) is 57.8 cm³/mol. The molecule has 2 aromatic rings. The number of hydrogen-bond acceptors (Lipinski definition) is 3. The summed E-state index contributed by atoms with van der Waals surface area (Å²) in [5, 5.41) is 4.20. The third kappa shape index (κ3) is 1.85. The van der Waals surface area contributed by atoms with Crippen molar-refractivity contribution in [1.82, 2.24) is 9.78 Å². The summed E-state index contributed by atoms with van der Waals surface area (Å²) in [4.78, 5) is 11.8. The standard InChI is InChI=1S/C10H8ClN3O/c11-9-3-2-7(12)6-8(9)10(15)14-5-1-4-13-14/h1-6H,12H2. The smallest absolute Gasteiger partial charge is 0.279 e. The van der Waals surface area contributed by atoms with Crippen molar-refractivity contribution in [3.05, 3.63) is 47.2 Å². The lowest BCUT2D eigenvalue weighted by Crippen LogP contribution is -2.13. The summed E-state index contributed by atoms with van der Waals surface area (Å²) in [6.45, 7) is 0. The highest BCUT2D eigenvalue weighted by atomic mass is 35.5. The molecule has 0 radical (unpaired) electrons. The van der Waals surface area contributed by atoms with Crippen LogP contribution in [0.4, 0.5) is 5.69 Å². The number of nitrogen functional groups attached to an aromatic ring is 1. The number of anilines is 1. The molecule has 5 heteroatoms. The van der Waals surface area contributed by atoms with E-state index in [9.17, 15) is 4.79 Å². The third-order valence-corrected chi connectivity index (χ3v) is 2.26. The fourth-order valence-electron chi connectivity index (χ4n) is 1.22. The number of hydrogen-bond donors (Lipinski definition) is 1. The molecule has 0 saturated carbocycles. The van der Waals surface area contributed by atoms with Crippen LogP contribution in [0.1, 0.15) is 10.4 Å². The fourth-order valence-corrected chi connectivity index (χ4v) is 1.42. The van der Waals surface area contributed by atoms with Gasteiger partial charge < -0.3 is 5.73 Å². The maximum absolute atomic E-state index is 11.8. The maximum atomic E-state index is 11.8. The Morgan fingerprint density at radius 3 is 2.93 bits per heavy atom. The van der Waals surface area contributed by atoms with E-state index in [4.69, 9.17) is 17.3 Å². The minimum atomic E-state index is -0.294. The Hall–Kier alpha value is -1.81. The van der Waals surface area contributed by atoms with Gasteiger partial charge in [0.05, 0.1) is 10.6 Å². The minimum Gasteiger partial charge on any atom is -0.399 e. The molecule has 1 heterocycles. The second-order valence-electron chi connectivity index (χ2n) is 3.00. The summed E-state index contributed by atoms with van der Waals surface area (Å²) < 4.78 is 1.21. The second kappa shape index (κ2) is 3.74. The summed E-state index contributed by atoms with van der Waals surface area (Å²) in [5.41, 5.74) is 6.42. The zero-order valence-corrected chi connectivity index (χ0v) is 8.48. The summed E-state index contributed by atoms with van der Waals surface area (Å²) in [5.74, 6) is -0.294. The molecular formula is C10H8ClN3O. The van der Waals surface area contributed by atoms with E-state index in [0.29, 0.717) is 16.3 Å². The number of halogens is 1. The summed E-state index contributed by atoms with van der Waals surface area (Å²) >= 11 is 5.89. The monoisotopic (exact) mass is 221 g/mol. The minimum absolute atomic E-state index is 0.294. The Morgan fingerprint density at radius 2 is 2.27 bits per heavy atom. The van der Waals surface area contributed by atoms with Crippen LogP contribution >= 0.6 is 11.6 Å². The molecule has 0 aliphatic rings. The Morgan fingerprint density at radius 1 is 1.47 bits per heavy atom. The molecule has 0 spiro atoms. The van der Waals surface area contributed by atoms with Crippen molar-refractivity contribution in [1.29, 1.82) is 0 Å². The Balaban J connectivity index is 2.46. The Kier molecular flexibility index (Phi) is 2.43. The zero-order valence-electron chi connectivity index (χ0n) is 7.72. The zero-order chi connectivity index (χ0) is 10.8. The van der Waals surface area contributed by atoms with Gasteiger partial charge in [-0.3, -0.25) is 4.79 Å². The molecule has 76 valence electrons. The van der Waals surface area contributed by atoms with Crippen LogP contribution in [0.5, 0.6) is 0 Å². The van der Waals surface area contributed by atoms with Crippen molar-refractivity contribution in [2.45, 2.75) is 0 Å². The quantitative estimate of drug-likeness (QED) is 0.747. The highest BCUT2D eigenvalue weighted by Gasteiger charge is 2.12. The van der Waals surface area contributed by atoms with Crippen LogP contribution in [-0.4, -0.2) is 15.7 Å². The molecule has 0 aliphatic heterocycles. The molecule has 0 amide bonds. The number of nitrogens with two attached hydrogens (primary N) is 1. The van der Waals surface area contributed by atoms with Crippen LogP contribution in [0.25, 0.3) is 0 Å². The van der Waals surface area contributed by atoms with Crippen LogP contribution < -0.4 is 5.73 Å². The lowest BCUT2D eigenvalue weighted by Gasteiger charge is -2.03. The van der Waals surface area contributed by atoms with Gasteiger partial charge in [-0.15, -0.1) is 0 Å². The molecule has 2 N–H and O–H groups in total. The molecule has 0 bridgehead atoms. The van der Waals surface area contributed by atoms with Gasteiger partial charge >= 0.3 is 0 Å². The van der Waals surface area contributed by atoms with Crippen LogP contribution in [0.2, 0.25) is 5.02 Å². The molecule has 0 aliphatic carbocycles. The van der Waals surface area contributed by atoms with Crippen molar-refractivity contribution < 1.29 is 4.79 Å². The van der Waals surface area contributed by atoms with Crippen LogP contribution in [0.3, 0.4) is 0 Å². The highest BCUT2D eigenvalue weighted by molar-refractivity contribution is 6.34. The lowest BCUT2D eigenvalue weighted by atomic mass is 10.2. The van der Waals surface area contributed by atoms with Crippen molar-refractivity contribution in [2.75, 3.05) is 5.73 Å². The number of carbonyl (C=O) groups is 1. The SMILES string of the molecule is Nc1ccc(Cl)c(C(=O)n2cccn2)c1. The lowest BCUT2D eigenvalue weighted by molar-refractivity contribution is 0.0945. The Labute approximate surface area is 91.3 Å². The van der Waals surface area contributed by atoms with Gasteiger partial charge in [0.1, 0.15) is 0 Å². The number of aromatic nitrogens is 2. The molecule has 0 fully saturated rings. The van der Waals surface area contributed by atoms with Crippen molar-refractivity contribution in [3.63, 3.8) is 0 Å². The molecule has 4 nitrogen and oxygen atoms in total. The number of rotatable bonds is 1. The second-order valence-corrected chi connectivity index (χ2v) is 3.40. The van der Waals surface area contributed by atoms with E-state index < -0.39 is 0 Å². The van der Waals surface area contributed by atoms with Crippen LogP contribution in [0, 0.1) is 0 Å². The van der Waals surface area contributed by atoms with Crippen molar-refractivity contribution >= 4 is 23.2 Å². The average molecular weight is 222 g/mol. The first-order valence-corrected chi connectivity index (χ1v) is 4.65. The number of carbonyl (C=O) groups excluding carboxylic acids is 1. The van der Waals surface area contributed by atoms with Gasteiger partial charge in [0, 0.05) is 18.1 Å². The largest absolute Gasteiger partial charge is 0.399 e. The molecule has 0 unspecified atom stereocenters. The molecule has 0 atom stereocenters. The van der Waals surface area contributed by atoms with Gasteiger partial charge in [0.25, 0.3) is 5.91 Å². The topological polar surface area (TPSA) is 60.9 Å². The molecule has 15 heavy (non-hydrogen) atoms. The molecule has 1 aromatic carbocycles. The molecular weight excluding hydrogens is 214 g/mol. The first kappa shape index (κ1) is 9.73. The van der Waals surface area contributed by atoms with E-state index in [0.717, 1.165) is 0 Å². The third-order valence-electron chi connectivity index (χ3n) is 1.93. The highest BCUT2D eigenvalue weighted by Crippen LogP contribution is 2.19. The molecule has 0 saturated heterocycles. The summed E-state index contributed by atoms with van der Waals surface area (Å²) in [7, 11) is 0.